The molecule has 0 radical (unpaired) electrons. The van der Waals surface area contributed by atoms with E-state index in [0.29, 0.717) is 211 Å². The van der Waals surface area contributed by atoms with Crippen molar-refractivity contribution in [2.75, 3.05) is 92.6 Å². The van der Waals surface area contributed by atoms with Gasteiger partial charge in [-0.15, -0.1) is 0 Å². The lowest BCUT2D eigenvalue weighted by atomic mass is 9.55. The van der Waals surface area contributed by atoms with Crippen LogP contribution in [0.2, 0.25) is 0 Å². The van der Waals surface area contributed by atoms with Crippen LogP contribution in [0.4, 0.5) is 45.2 Å². The number of aromatic nitrogens is 22. The first-order valence-electron chi connectivity index (χ1n) is 49.9. The van der Waals surface area contributed by atoms with Crippen LogP contribution in [0.5, 0.6) is 0 Å². The van der Waals surface area contributed by atoms with Crippen molar-refractivity contribution >= 4 is 101 Å². The van der Waals surface area contributed by atoms with Gasteiger partial charge in [0.1, 0.15) is 102 Å². The number of nitrogens with one attached hydrogen (secondary N) is 5. The van der Waals surface area contributed by atoms with E-state index < -0.39 is 104 Å². The monoisotopic (exact) mass is 1940 g/mol. The van der Waals surface area contributed by atoms with E-state index in [9.17, 15) is 11.5 Å². The zero-order valence-corrected chi connectivity index (χ0v) is 79.8. The molecule has 0 amide bonds. The normalized spacial score (nSPS) is 25.3. The average Bonchev–Trinajstić information content (AvgIpc) is 1.44. The summed E-state index contributed by atoms with van der Waals surface area (Å²) < 4.78 is 97.3. The Morgan fingerprint density at radius 3 is 1.45 bits per heavy atom. The quantitative estimate of drug-likeness (QED) is 0.0218. The molecule has 4 saturated heterocycles. The predicted octanol–water partition coefficient (Wildman–Crippen LogP) is 14.8. The van der Waals surface area contributed by atoms with Gasteiger partial charge < -0.3 is 36.8 Å². The number of aryl methyl sites for hydroxylation is 3. The van der Waals surface area contributed by atoms with Crippen molar-refractivity contribution in [1.29, 1.82) is 0 Å². The van der Waals surface area contributed by atoms with Gasteiger partial charge in [-0.05, 0) is 218 Å². The molecule has 9 fully saturated rings. The van der Waals surface area contributed by atoms with Gasteiger partial charge in [0.15, 0.2) is 28.4 Å². The predicted molar refractivity (Wildman–Crippen MR) is 537 cm³/mol. The smallest absolute Gasteiger partial charge is 0.177 e. The Labute approximate surface area is 825 Å². The fraction of sp³-hybridized carbons (Fsp3) is 0.343. The number of nitrogens with zero attached hydrogens (tertiary/aromatic N) is 23. The molecule has 12 aromatic heterocycles. The molecule has 16 atom stereocenters. The van der Waals surface area contributed by atoms with Gasteiger partial charge in [-0.2, -0.15) is 25.5 Å². The molecule has 5 aliphatic carbocycles. The third-order valence-corrected chi connectivity index (χ3v) is 35.3. The summed E-state index contributed by atoms with van der Waals surface area (Å²) in [5.41, 5.74) is 34.3. The van der Waals surface area contributed by atoms with Gasteiger partial charge in [0.05, 0.1) is 53.2 Å². The number of H-pyrrole nitrogens is 4. The number of benzene rings is 7. The number of halogens is 5. The molecule has 728 valence electrons. The fourth-order valence-corrected chi connectivity index (χ4v) is 28.7. The second-order valence-electron chi connectivity index (χ2n) is 41.8. The third kappa shape index (κ3) is 12.5. The maximum absolute atomic E-state index is 19.8. The van der Waals surface area contributed by atoms with Gasteiger partial charge >= 0.3 is 0 Å². The minimum atomic E-state index is -1.99. The Kier molecular flexibility index (Phi) is 19.4. The standard InChI is InChI=1S/C108H100F5N31O/c1-53-56(28-31-80-87(53)138-145-137-80)89-93-97(132-128-89)124-82(44-119-93)142-40-34-64-72(49-142)105(64,68-17-7-11-21-76(68)110)102(115)108(107(70-19-9-13-23-78(70)112)66-36-42-144(51-74(66)107)84-46-122-96-92(131-135-100(96)126-84)60-32-38-117-54(2)86(60)113,103(116)106(69-18-8-12-22-77(69)111)65-35-41-143(50-73(65)106)83-45-121-95-91(130-134-99(95)125-83)59-29-30-79-62(47-140(5)136-79)85(59)55-24-25-55)127-101(139(3)4)61-27-26-58(57-15-14-37-118-88(57)61)90-94-98(133-129-90)123-81(43-120-94)141-39-33-63-71(48-141)104(63,52-114)67-16-6-10-20-75(67)109/h6-23,26-32,37-38,43-47,55,63-66,71-74,101-103,127H,24-25,33-36,39-42,48-52,114-116H2,1-5H3,(H,123,129,133)(H,124,128,132)(H,125,130,134)(H,126,131,135)/t63-,64-,65-,66-,71+,72+,73+,74+,101?,102?,103?,104-,105+,106+,107+,108?/m1/s1. The lowest BCUT2D eigenvalue weighted by molar-refractivity contribution is 0.0476. The van der Waals surface area contributed by atoms with E-state index in [4.69, 9.17) is 75.6 Å². The van der Waals surface area contributed by atoms with Crippen LogP contribution in [-0.2, 0) is 28.7 Å². The topological polar surface area (TPSA) is 407 Å². The Balaban J connectivity index is 0.633. The third-order valence-electron chi connectivity index (χ3n) is 35.3. The zero-order chi connectivity index (χ0) is 97.9. The molecule has 4 unspecified atom stereocenters. The van der Waals surface area contributed by atoms with Gasteiger partial charge in [-0.1, -0.05) is 97.1 Å². The van der Waals surface area contributed by atoms with Crippen molar-refractivity contribution in [2.24, 2.45) is 71.6 Å². The number of aromatic amines is 4. The number of pyridine rings is 2. The summed E-state index contributed by atoms with van der Waals surface area (Å²) in [6, 6.07) is 42.5. The molecule has 28 rings (SSSR count). The first-order valence-corrected chi connectivity index (χ1v) is 49.9. The van der Waals surface area contributed by atoms with Crippen LogP contribution in [0.1, 0.15) is 95.2 Å². The van der Waals surface area contributed by atoms with Crippen molar-refractivity contribution in [3.63, 3.8) is 0 Å². The molecule has 145 heavy (non-hydrogen) atoms. The van der Waals surface area contributed by atoms with Crippen LogP contribution < -0.4 is 42.1 Å². The van der Waals surface area contributed by atoms with Gasteiger partial charge in [0.2, 0.25) is 0 Å². The molecule has 9 aliphatic rings. The van der Waals surface area contributed by atoms with Crippen LogP contribution in [-0.4, -0.2) is 206 Å². The summed E-state index contributed by atoms with van der Waals surface area (Å²) in [5.74, 6) is -2.37. The highest BCUT2D eigenvalue weighted by Crippen LogP contribution is 2.79. The minimum Gasteiger partial charge on any atom is -0.355 e. The maximum atomic E-state index is 19.8. The van der Waals surface area contributed by atoms with Crippen LogP contribution >= 0.6 is 0 Å². The van der Waals surface area contributed by atoms with Crippen LogP contribution in [0.25, 0.3) is 123 Å². The van der Waals surface area contributed by atoms with Crippen LogP contribution in [0.3, 0.4) is 0 Å². The fourth-order valence-electron chi connectivity index (χ4n) is 28.7. The van der Waals surface area contributed by atoms with E-state index in [0.717, 1.165) is 46.9 Å². The largest absolute Gasteiger partial charge is 0.355 e. The number of nitrogens with two attached hydrogens (primary N) is 3. The van der Waals surface area contributed by atoms with Crippen LogP contribution in [0, 0.1) is 90.3 Å². The summed E-state index contributed by atoms with van der Waals surface area (Å²) >= 11 is 0. The first-order chi connectivity index (χ1) is 70.7. The molecule has 37 heteroatoms. The molecule has 16 heterocycles. The lowest BCUT2D eigenvalue weighted by Crippen LogP contribution is -2.80. The number of rotatable bonds is 23. The van der Waals surface area contributed by atoms with E-state index in [1.165, 1.54) is 36.0 Å². The second kappa shape index (κ2) is 32.2. The van der Waals surface area contributed by atoms with Crippen molar-refractivity contribution < 1.29 is 26.6 Å². The molecule has 19 aromatic rings. The number of anilines is 4. The van der Waals surface area contributed by atoms with Gasteiger partial charge in [-0.25, -0.2) is 66.5 Å². The number of piperidine rings is 4. The maximum Gasteiger partial charge on any atom is 0.177 e. The Morgan fingerprint density at radius 2 is 0.917 bits per heavy atom. The molecule has 5 saturated carbocycles. The Hall–Kier alpha value is -15.2. The molecule has 0 bridgehead atoms. The molecule has 11 N–H and O–H groups in total. The Bertz CT molecular complexity index is 8480. The summed E-state index contributed by atoms with van der Waals surface area (Å²) in [6.07, 6.45) is 15.6. The average molecular weight is 1940 g/mol. The van der Waals surface area contributed by atoms with E-state index in [-0.39, 0.29) is 47.7 Å². The molecule has 32 nitrogen and oxygen atoms in total. The van der Waals surface area contributed by atoms with Gasteiger partial charge in [0, 0.05) is 157 Å². The number of hydrogen-bond acceptors (Lipinski definition) is 27. The van der Waals surface area contributed by atoms with Crippen molar-refractivity contribution in [3.8, 4) is 45.0 Å². The summed E-state index contributed by atoms with van der Waals surface area (Å²) in [6.45, 7) is 7.11. The number of fused-ring (bicyclic) bond motifs is 11. The molecule has 4 aliphatic heterocycles. The first kappa shape index (κ1) is 87.6. The van der Waals surface area contributed by atoms with Gasteiger partial charge in [-0.3, -0.25) is 45.3 Å². The van der Waals surface area contributed by atoms with Gasteiger partial charge in [0.25, 0.3) is 0 Å². The highest BCUT2D eigenvalue weighted by Gasteiger charge is 2.87. The molecule has 0 spiro atoms. The van der Waals surface area contributed by atoms with Crippen molar-refractivity contribution in [1.82, 2.24) is 121 Å². The molecular weight excluding hydrogens is 1840 g/mol. The highest BCUT2D eigenvalue weighted by atomic mass is 19.1. The van der Waals surface area contributed by atoms with E-state index >= 15 is 22.0 Å². The SMILES string of the molecule is Cc1nccc(-c2n[nH]c3nc(N4CC[C@@H]5[C@H](C4)[C@]5(c4ccccc4F)C(NC(c4ccc(-c5n[nH]c6nc(N7CC[C@@H]8[C@H](C7)[C@@]8(CN)c7ccccc7F)cnc56)c5cccnc45)N(C)C)(C(N)[C@]4(c5ccccc5F)[C@@H]5CCN(c6cnc7c(-c8ccc9nn(C)cc9c8C8CC8)n[nH]c7n6)C[C@@H]54)C(N)[C@]4(c5ccccc5F)[C@@H]5CCN(c6cnc7c(-c8ccc9nonc9c8C)n[nH]c7n6)C[C@@H]54)cnc23)c1F. The van der Waals surface area contributed by atoms with E-state index in [1.54, 1.807) is 62.0 Å². The Morgan fingerprint density at radius 1 is 0.448 bits per heavy atom. The lowest BCUT2D eigenvalue weighted by Gasteiger charge is -2.58. The van der Waals surface area contributed by atoms with E-state index in [1.807, 2.05) is 130 Å². The highest BCUT2D eigenvalue weighted by molar-refractivity contribution is 6.02. The van der Waals surface area contributed by atoms with E-state index in [2.05, 4.69) is 82.9 Å². The zero-order valence-electron chi connectivity index (χ0n) is 79.8. The summed E-state index contributed by atoms with van der Waals surface area (Å²) in [7, 11) is 5.91. The molecular formula is C108H100F5N31O. The minimum absolute atomic E-state index is 0.103. The second-order valence-corrected chi connectivity index (χ2v) is 41.8. The number of hydrogen-bond donors (Lipinski definition) is 8. The summed E-state index contributed by atoms with van der Waals surface area (Å²) in [5, 5.41) is 51.9. The van der Waals surface area contributed by atoms with Crippen molar-refractivity contribution in [3.05, 3.63) is 269 Å². The summed E-state index contributed by atoms with van der Waals surface area (Å²) in [4.78, 5) is 62.5. The van der Waals surface area contributed by atoms with Crippen LogP contribution in [0.15, 0.2) is 200 Å². The van der Waals surface area contributed by atoms with Crippen molar-refractivity contribution in [2.45, 2.75) is 104 Å². The molecule has 7 aromatic carbocycles.